The number of carbonyl (C=O) groups is 1. The van der Waals surface area contributed by atoms with Gasteiger partial charge in [-0.1, -0.05) is 24.1 Å². The molecule has 0 bridgehead atoms. The summed E-state index contributed by atoms with van der Waals surface area (Å²) < 4.78 is 1.61. The number of aliphatic hydroxyl groups is 1. The molecule has 1 saturated carbocycles. The lowest BCUT2D eigenvalue weighted by Crippen LogP contribution is -2.49. The van der Waals surface area contributed by atoms with Crippen LogP contribution in [0.2, 0.25) is 0 Å². The molecule has 1 aromatic heterocycles. The van der Waals surface area contributed by atoms with Gasteiger partial charge in [-0.05, 0) is 31.0 Å². The fraction of sp³-hybridized carbons (Fsp3) is 0.400. The molecule has 2 N–H and O–H groups in total. The molecule has 21 heavy (non-hydrogen) atoms. The van der Waals surface area contributed by atoms with Gasteiger partial charge < -0.3 is 10.4 Å². The lowest BCUT2D eigenvalue weighted by atomic mass is 9.98. The van der Waals surface area contributed by atoms with E-state index in [1.165, 1.54) is 0 Å². The van der Waals surface area contributed by atoms with Crippen molar-refractivity contribution in [1.82, 2.24) is 20.3 Å². The summed E-state index contributed by atoms with van der Waals surface area (Å²) in [6.07, 6.45) is 7.06. The lowest BCUT2D eigenvalue weighted by molar-refractivity contribution is 0.0838. The summed E-state index contributed by atoms with van der Waals surface area (Å²) in [5, 5.41) is 20.3. The van der Waals surface area contributed by atoms with E-state index in [-0.39, 0.29) is 12.5 Å². The van der Waals surface area contributed by atoms with Crippen molar-refractivity contribution >= 4 is 5.91 Å². The number of hydrogen-bond acceptors (Lipinski definition) is 4. The smallest absolute Gasteiger partial charge is 0.251 e. The Kier molecular flexibility index (Phi) is 3.70. The average molecular weight is 286 g/mol. The third-order valence-corrected chi connectivity index (χ3v) is 4.04. The van der Waals surface area contributed by atoms with Gasteiger partial charge in [0.05, 0.1) is 30.2 Å². The maximum absolute atomic E-state index is 12.4. The van der Waals surface area contributed by atoms with E-state index >= 15 is 0 Å². The van der Waals surface area contributed by atoms with Gasteiger partial charge in [0.25, 0.3) is 5.91 Å². The molecule has 0 aliphatic heterocycles. The quantitative estimate of drug-likeness (QED) is 0.888. The molecule has 6 heteroatoms. The Morgan fingerprint density at radius 2 is 2.19 bits per heavy atom. The number of nitrogens with one attached hydrogen (secondary N) is 1. The third-order valence-electron chi connectivity index (χ3n) is 4.04. The van der Waals surface area contributed by atoms with Crippen LogP contribution >= 0.6 is 0 Å². The van der Waals surface area contributed by atoms with Crippen molar-refractivity contribution in [1.29, 1.82) is 0 Å². The molecule has 3 rings (SSSR count). The minimum atomic E-state index is -0.458. The van der Waals surface area contributed by atoms with Crippen LogP contribution in [0.4, 0.5) is 0 Å². The van der Waals surface area contributed by atoms with Crippen LogP contribution in [0.15, 0.2) is 36.7 Å². The van der Waals surface area contributed by atoms with Crippen LogP contribution in [0.3, 0.4) is 0 Å². The number of carbonyl (C=O) groups excluding carboxylic acids is 1. The molecule has 0 radical (unpaired) electrons. The highest BCUT2D eigenvalue weighted by Gasteiger charge is 2.34. The van der Waals surface area contributed by atoms with Gasteiger partial charge in [-0.25, -0.2) is 4.68 Å². The molecule has 6 nitrogen and oxygen atoms in total. The van der Waals surface area contributed by atoms with Crippen LogP contribution in [-0.4, -0.2) is 38.2 Å². The zero-order valence-electron chi connectivity index (χ0n) is 11.7. The molecule has 110 valence electrons. The molecule has 1 amide bonds. The summed E-state index contributed by atoms with van der Waals surface area (Å²) in [5.74, 6) is -0.159. The summed E-state index contributed by atoms with van der Waals surface area (Å²) in [4.78, 5) is 12.4. The first-order chi connectivity index (χ1) is 10.2. The van der Waals surface area contributed by atoms with Gasteiger partial charge in [0.1, 0.15) is 0 Å². The van der Waals surface area contributed by atoms with Crippen molar-refractivity contribution in [2.75, 3.05) is 6.61 Å². The fourth-order valence-electron chi connectivity index (χ4n) is 2.82. The monoisotopic (exact) mass is 286 g/mol. The van der Waals surface area contributed by atoms with Gasteiger partial charge >= 0.3 is 0 Å². The molecular formula is C15H18N4O2. The van der Waals surface area contributed by atoms with Gasteiger partial charge in [-0.15, -0.1) is 5.10 Å². The second-order valence-electron chi connectivity index (χ2n) is 5.50. The Bertz CT molecular complexity index is 618. The second-order valence-corrected chi connectivity index (χ2v) is 5.50. The summed E-state index contributed by atoms with van der Waals surface area (Å²) in [6, 6.07) is 7.20. The molecule has 0 spiro atoms. The van der Waals surface area contributed by atoms with Gasteiger partial charge in [0.2, 0.25) is 0 Å². The maximum atomic E-state index is 12.4. The van der Waals surface area contributed by atoms with E-state index in [1.54, 1.807) is 29.2 Å². The first-order valence-corrected chi connectivity index (χ1v) is 7.13. The van der Waals surface area contributed by atoms with E-state index in [4.69, 9.17) is 0 Å². The van der Waals surface area contributed by atoms with Crippen molar-refractivity contribution in [2.24, 2.45) is 0 Å². The van der Waals surface area contributed by atoms with Crippen molar-refractivity contribution in [3.05, 3.63) is 42.2 Å². The molecule has 1 aliphatic rings. The Labute approximate surface area is 122 Å². The average Bonchev–Trinajstić information content (AvgIpc) is 3.19. The zero-order valence-corrected chi connectivity index (χ0v) is 11.7. The molecule has 2 aromatic rings. The van der Waals surface area contributed by atoms with Crippen molar-refractivity contribution in [2.45, 2.75) is 31.2 Å². The number of rotatable bonds is 4. The number of benzene rings is 1. The number of hydrogen-bond donors (Lipinski definition) is 2. The number of aliphatic hydroxyl groups excluding tert-OH is 1. The first-order valence-electron chi connectivity index (χ1n) is 7.13. The van der Waals surface area contributed by atoms with Crippen molar-refractivity contribution < 1.29 is 9.90 Å². The van der Waals surface area contributed by atoms with Crippen LogP contribution in [-0.2, 0) is 0 Å². The Morgan fingerprint density at radius 3 is 2.86 bits per heavy atom. The highest BCUT2D eigenvalue weighted by Crippen LogP contribution is 2.29. The zero-order chi connectivity index (χ0) is 14.7. The number of amides is 1. The molecule has 1 heterocycles. The topological polar surface area (TPSA) is 80.0 Å². The van der Waals surface area contributed by atoms with Crippen molar-refractivity contribution in [3.63, 3.8) is 0 Å². The van der Waals surface area contributed by atoms with Crippen LogP contribution < -0.4 is 5.32 Å². The maximum Gasteiger partial charge on any atom is 0.251 e. The van der Waals surface area contributed by atoms with Gasteiger partial charge in [-0.2, -0.15) is 0 Å². The van der Waals surface area contributed by atoms with E-state index in [2.05, 4.69) is 15.6 Å². The van der Waals surface area contributed by atoms with E-state index in [9.17, 15) is 9.90 Å². The number of aromatic nitrogens is 3. The summed E-state index contributed by atoms with van der Waals surface area (Å²) >= 11 is 0. The van der Waals surface area contributed by atoms with Crippen LogP contribution in [0.25, 0.3) is 5.69 Å². The van der Waals surface area contributed by atoms with Gasteiger partial charge in [0.15, 0.2) is 0 Å². The normalized spacial score (nSPS) is 16.8. The third kappa shape index (κ3) is 2.80. The van der Waals surface area contributed by atoms with E-state index in [0.29, 0.717) is 5.56 Å². The predicted molar refractivity (Wildman–Crippen MR) is 77.1 cm³/mol. The Morgan fingerprint density at radius 1 is 1.38 bits per heavy atom. The minimum Gasteiger partial charge on any atom is -0.394 e. The highest BCUT2D eigenvalue weighted by atomic mass is 16.3. The molecule has 0 unspecified atom stereocenters. The number of nitrogens with zero attached hydrogens (tertiary/aromatic N) is 3. The van der Waals surface area contributed by atoms with Gasteiger partial charge in [0, 0.05) is 5.56 Å². The first kappa shape index (κ1) is 13.8. The molecule has 0 atom stereocenters. The second kappa shape index (κ2) is 5.65. The minimum absolute atomic E-state index is 0.0124. The van der Waals surface area contributed by atoms with Gasteiger partial charge in [-0.3, -0.25) is 4.79 Å². The summed E-state index contributed by atoms with van der Waals surface area (Å²) in [5.41, 5.74) is 0.882. The van der Waals surface area contributed by atoms with Crippen LogP contribution in [0, 0.1) is 0 Å². The van der Waals surface area contributed by atoms with E-state index < -0.39 is 5.54 Å². The molecular weight excluding hydrogens is 268 g/mol. The fourth-order valence-corrected chi connectivity index (χ4v) is 2.82. The van der Waals surface area contributed by atoms with E-state index in [1.807, 2.05) is 12.1 Å². The Hall–Kier alpha value is -2.21. The molecule has 1 fully saturated rings. The SMILES string of the molecule is O=C(NC1(CO)CCCC1)c1cccc(-n2ccnn2)c1. The standard InChI is InChI=1S/C15H18N4O2/c20-11-15(6-1-2-7-15)17-14(21)12-4-3-5-13(10-12)19-9-8-16-18-19/h3-5,8-10,20H,1-2,6-7,11H2,(H,17,21). The summed E-state index contributed by atoms with van der Waals surface area (Å²) in [7, 11) is 0. The lowest BCUT2D eigenvalue weighted by Gasteiger charge is -2.28. The molecule has 1 aliphatic carbocycles. The highest BCUT2D eigenvalue weighted by molar-refractivity contribution is 5.95. The van der Waals surface area contributed by atoms with Crippen LogP contribution in [0.5, 0.6) is 0 Å². The van der Waals surface area contributed by atoms with Crippen LogP contribution in [0.1, 0.15) is 36.0 Å². The summed E-state index contributed by atoms with van der Waals surface area (Å²) in [6.45, 7) is -0.0124. The van der Waals surface area contributed by atoms with E-state index in [0.717, 1.165) is 31.4 Å². The molecule has 0 saturated heterocycles. The molecule has 1 aromatic carbocycles. The van der Waals surface area contributed by atoms with Crippen molar-refractivity contribution in [3.8, 4) is 5.69 Å². The predicted octanol–water partition coefficient (Wildman–Crippen LogP) is 1.30. The Balaban J connectivity index is 1.80. The largest absolute Gasteiger partial charge is 0.394 e.